The summed E-state index contributed by atoms with van der Waals surface area (Å²) in [7, 11) is 0. The maximum Gasteiger partial charge on any atom is 0.266 e. The minimum atomic E-state index is -0.633. The van der Waals surface area contributed by atoms with Gasteiger partial charge < -0.3 is 9.74 Å². The third-order valence-electron chi connectivity index (χ3n) is 5.66. The van der Waals surface area contributed by atoms with Gasteiger partial charge in [-0.1, -0.05) is 22.5 Å². The van der Waals surface area contributed by atoms with Gasteiger partial charge in [-0.05, 0) is 30.9 Å². The van der Waals surface area contributed by atoms with Crippen molar-refractivity contribution >= 4 is 23.0 Å². The molecule has 1 aromatic carbocycles. The molecule has 5 rings (SSSR count). The van der Waals surface area contributed by atoms with Gasteiger partial charge in [0, 0.05) is 43.2 Å². The van der Waals surface area contributed by atoms with Gasteiger partial charge in [0.1, 0.15) is 16.5 Å². The highest BCUT2D eigenvalue weighted by molar-refractivity contribution is 7.13. The van der Waals surface area contributed by atoms with Crippen molar-refractivity contribution in [3.8, 4) is 10.7 Å². The quantitative estimate of drug-likeness (QED) is 0.609. The summed E-state index contributed by atoms with van der Waals surface area (Å²) in [6.45, 7) is 2.12. The van der Waals surface area contributed by atoms with Crippen LogP contribution in [0.4, 0.5) is 4.39 Å². The van der Waals surface area contributed by atoms with Gasteiger partial charge in [0.2, 0.25) is 6.10 Å². The number of benzene rings is 1. The molecule has 0 aliphatic carbocycles. The molecular weight excluding hydrogens is 419 g/mol. The number of carbonyl (C=O) groups excluding carboxylic acids is 1. The molecule has 1 unspecified atom stereocenters. The van der Waals surface area contributed by atoms with Crippen LogP contribution in [-0.2, 0) is 16.2 Å². The number of piperidine rings is 1. The van der Waals surface area contributed by atoms with Crippen molar-refractivity contribution in [2.24, 2.45) is 11.1 Å². The van der Waals surface area contributed by atoms with E-state index in [-0.39, 0.29) is 11.7 Å². The predicted molar refractivity (Wildman–Crippen MR) is 113 cm³/mol. The number of rotatable bonds is 5. The zero-order chi connectivity index (χ0) is 21.2. The summed E-state index contributed by atoms with van der Waals surface area (Å²) < 4.78 is 15.3. The number of hydrogen-bond donors (Lipinski definition) is 0. The zero-order valence-corrected chi connectivity index (χ0v) is 17.5. The molecule has 2 aromatic heterocycles. The fourth-order valence-corrected chi connectivity index (χ4v) is 4.57. The lowest BCUT2D eigenvalue weighted by atomic mass is 9.96. The fraction of sp³-hybridized carbons (Fsp3) is 0.381. The molecule has 1 saturated heterocycles. The van der Waals surface area contributed by atoms with Gasteiger partial charge in [-0.2, -0.15) is 0 Å². The summed E-state index contributed by atoms with van der Waals surface area (Å²) in [5.41, 5.74) is 2.05. The smallest absolute Gasteiger partial charge is 0.266 e. The molecule has 4 heterocycles. The van der Waals surface area contributed by atoms with Crippen LogP contribution in [0, 0.1) is 11.7 Å². The van der Waals surface area contributed by atoms with E-state index in [4.69, 9.17) is 4.84 Å². The number of thiazole rings is 1. The molecule has 0 saturated carbocycles. The van der Waals surface area contributed by atoms with Crippen molar-refractivity contribution in [1.29, 1.82) is 0 Å². The highest BCUT2D eigenvalue weighted by Crippen LogP contribution is 2.24. The van der Waals surface area contributed by atoms with E-state index in [1.165, 1.54) is 23.5 Å². The highest BCUT2D eigenvalue weighted by Gasteiger charge is 2.34. The molecule has 0 radical (unpaired) electrons. The molecule has 160 valence electrons. The van der Waals surface area contributed by atoms with E-state index >= 15 is 0 Å². The first-order chi connectivity index (χ1) is 15.2. The number of oxime groups is 1. The van der Waals surface area contributed by atoms with Crippen molar-refractivity contribution in [2.45, 2.75) is 31.9 Å². The van der Waals surface area contributed by atoms with Gasteiger partial charge in [0.05, 0.1) is 11.9 Å². The lowest BCUT2D eigenvalue weighted by molar-refractivity contribution is -0.143. The Kier molecular flexibility index (Phi) is 5.46. The number of nitrogens with zero attached hydrogens (tertiary/aromatic N) is 6. The van der Waals surface area contributed by atoms with Crippen LogP contribution >= 0.6 is 11.3 Å². The second kappa shape index (κ2) is 8.54. The second-order valence-corrected chi connectivity index (χ2v) is 8.67. The monoisotopic (exact) mass is 440 g/mol. The Bertz CT molecular complexity index is 1090. The molecule has 1 atom stereocenters. The maximum atomic E-state index is 13.4. The Morgan fingerprint density at radius 2 is 2.16 bits per heavy atom. The van der Waals surface area contributed by atoms with Crippen LogP contribution in [0.2, 0.25) is 0 Å². The molecule has 3 aromatic rings. The van der Waals surface area contributed by atoms with Crippen molar-refractivity contribution in [1.82, 2.24) is 24.9 Å². The predicted octanol–water partition coefficient (Wildman–Crippen LogP) is 2.97. The molecule has 8 nitrogen and oxygen atoms in total. The maximum absolute atomic E-state index is 13.4. The summed E-state index contributed by atoms with van der Waals surface area (Å²) >= 11 is 1.54. The summed E-state index contributed by atoms with van der Waals surface area (Å²) in [6.07, 6.45) is 5.19. The third-order valence-corrected chi connectivity index (χ3v) is 6.46. The van der Waals surface area contributed by atoms with E-state index in [0.29, 0.717) is 36.7 Å². The highest BCUT2D eigenvalue weighted by atomic mass is 32.1. The van der Waals surface area contributed by atoms with E-state index in [1.54, 1.807) is 18.3 Å². The molecule has 0 bridgehead atoms. The van der Waals surface area contributed by atoms with Gasteiger partial charge in [-0.15, -0.1) is 16.4 Å². The Hall–Kier alpha value is -3.14. The average Bonchev–Trinajstić information content (AvgIpc) is 3.55. The molecule has 10 heteroatoms. The summed E-state index contributed by atoms with van der Waals surface area (Å²) in [4.78, 5) is 24.3. The second-order valence-electron chi connectivity index (χ2n) is 7.78. The van der Waals surface area contributed by atoms with E-state index in [1.807, 2.05) is 21.2 Å². The molecule has 2 aliphatic rings. The standard InChI is InChI=1S/C21H21FN6O2S/c22-16-3-1-2-15(10-16)17-11-19(30-25-17)21(29)27-7-4-14(5-8-27)12-28-13-18(24-26-28)20-23-6-9-31-20/h1-3,6,9-10,13-14,19H,4-5,7-8,11-12H2. The summed E-state index contributed by atoms with van der Waals surface area (Å²) in [5.74, 6) is 0.0436. The molecular formula is C21H21FN6O2S. The largest absolute Gasteiger partial charge is 0.382 e. The molecule has 31 heavy (non-hydrogen) atoms. The molecule has 0 N–H and O–H groups in total. The lowest BCUT2D eigenvalue weighted by Crippen LogP contribution is -2.44. The van der Waals surface area contributed by atoms with Crippen LogP contribution in [0.5, 0.6) is 0 Å². The number of carbonyl (C=O) groups is 1. The number of halogens is 1. The minimum absolute atomic E-state index is 0.0552. The first-order valence-corrected chi connectivity index (χ1v) is 11.1. The van der Waals surface area contributed by atoms with Crippen LogP contribution in [0.15, 0.2) is 47.2 Å². The van der Waals surface area contributed by atoms with Crippen LogP contribution < -0.4 is 0 Å². The third kappa shape index (κ3) is 4.34. The van der Waals surface area contributed by atoms with E-state index < -0.39 is 6.10 Å². The van der Waals surface area contributed by atoms with E-state index in [2.05, 4.69) is 20.5 Å². The normalized spacial score (nSPS) is 19.3. The van der Waals surface area contributed by atoms with Crippen molar-refractivity contribution in [3.05, 3.63) is 53.4 Å². The first-order valence-electron chi connectivity index (χ1n) is 10.2. The molecule has 2 aliphatic heterocycles. The lowest BCUT2D eigenvalue weighted by Gasteiger charge is -2.32. The van der Waals surface area contributed by atoms with Crippen molar-refractivity contribution in [2.75, 3.05) is 13.1 Å². The van der Waals surface area contributed by atoms with Gasteiger partial charge in [0.25, 0.3) is 5.91 Å². The van der Waals surface area contributed by atoms with Gasteiger partial charge >= 0.3 is 0 Å². The Balaban J connectivity index is 1.12. The topological polar surface area (TPSA) is 85.5 Å². The number of likely N-dealkylation sites (tertiary alicyclic amines) is 1. The molecule has 1 amide bonds. The number of aromatic nitrogens is 4. The first kappa shape index (κ1) is 19.8. The van der Waals surface area contributed by atoms with Crippen LogP contribution in [0.25, 0.3) is 10.7 Å². The van der Waals surface area contributed by atoms with Crippen LogP contribution in [0.1, 0.15) is 24.8 Å². The minimum Gasteiger partial charge on any atom is -0.382 e. The Morgan fingerprint density at radius 3 is 2.94 bits per heavy atom. The van der Waals surface area contributed by atoms with E-state index in [9.17, 15) is 9.18 Å². The average molecular weight is 441 g/mol. The fourth-order valence-electron chi connectivity index (χ4n) is 3.99. The van der Waals surface area contributed by atoms with Crippen LogP contribution in [0.3, 0.4) is 0 Å². The van der Waals surface area contributed by atoms with Crippen LogP contribution in [-0.4, -0.2) is 55.7 Å². The Morgan fingerprint density at radius 1 is 1.29 bits per heavy atom. The number of hydrogen-bond acceptors (Lipinski definition) is 7. The van der Waals surface area contributed by atoms with Crippen molar-refractivity contribution in [3.63, 3.8) is 0 Å². The summed E-state index contributed by atoms with van der Waals surface area (Å²) in [6, 6.07) is 6.19. The van der Waals surface area contributed by atoms with Crippen molar-refractivity contribution < 1.29 is 14.0 Å². The van der Waals surface area contributed by atoms with Gasteiger partial charge in [0.15, 0.2) is 0 Å². The SMILES string of the molecule is O=C(C1CC(c2cccc(F)c2)=NO1)N1CCC(Cn2cc(-c3nccs3)nn2)CC1. The molecule has 1 fully saturated rings. The van der Waals surface area contributed by atoms with E-state index in [0.717, 1.165) is 30.1 Å². The van der Waals surface area contributed by atoms with Gasteiger partial charge in [-0.25, -0.2) is 9.37 Å². The zero-order valence-electron chi connectivity index (χ0n) is 16.7. The van der Waals surface area contributed by atoms with Gasteiger partial charge in [-0.3, -0.25) is 9.48 Å². The summed E-state index contributed by atoms with van der Waals surface area (Å²) in [5, 5.41) is 15.2. The molecule has 0 spiro atoms. The Labute approximate surface area is 182 Å². The number of amides is 1.